The van der Waals surface area contributed by atoms with Gasteiger partial charge in [0.15, 0.2) is 0 Å². The number of hydrogen-bond donors (Lipinski definition) is 0. The first-order valence-corrected chi connectivity index (χ1v) is 8.31. The molecule has 7 heteroatoms. The van der Waals surface area contributed by atoms with Crippen molar-refractivity contribution >= 4 is 11.8 Å². The van der Waals surface area contributed by atoms with Crippen molar-refractivity contribution in [3.05, 3.63) is 53.9 Å². The Morgan fingerprint density at radius 3 is 2.88 bits per heavy atom. The number of carbonyl (C=O) groups is 2. The minimum Gasteiger partial charge on any atom is -0.340 e. The molecule has 2 aromatic rings. The normalized spacial score (nSPS) is 16.7. The predicted octanol–water partition coefficient (Wildman–Crippen LogP) is 1.83. The third-order valence-corrected chi connectivity index (χ3v) is 4.38. The third kappa shape index (κ3) is 3.81. The van der Waals surface area contributed by atoms with Crippen LogP contribution < -0.4 is 0 Å². The van der Waals surface area contributed by atoms with Crippen LogP contribution in [0.1, 0.15) is 47.7 Å². The second-order valence-corrected chi connectivity index (χ2v) is 6.18. The Kier molecular flexibility index (Phi) is 5.02. The maximum Gasteiger partial charge on any atom is 0.273 e. The molecule has 130 valence electrons. The molecule has 1 aliphatic rings. The van der Waals surface area contributed by atoms with Gasteiger partial charge >= 0.3 is 0 Å². The standard InChI is InChI=1S/C18H21N5O2/c1-13(24)22(2)12-14-10-19-11-16(21-14)17-7-5-9-23(17)18(25)15-6-3-4-8-20-15/h3-4,6,8,10-11,17H,5,7,9,12H2,1-2H3/t17-/m1/s1. The Labute approximate surface area is 146 Å². The van der Waals surface area contributed by atoms with E-state index in [0.717, 1.165) is 18.5 Å². The maximum absolute atomic E-state index is 12.7. The summed E-state index contributed by atoms with van der Waals surface area (Å²) in [5.74, 6) is -0.115. The van der Waals surface area contributed by atoms with Gasteiger partial charge in [-0.1, -0.05) is 6.07 Å². The van der Waals surface area contributed by atoms with E-state index in [0.29, 0.717) is 24.5 Å². The van der Waals surface area contributed by atoms with Gasteiger partial charge in [0, 0.05) is 26.7 Å². The second-order valence-electron chi connectivity index (χ2n) is 6.18. The van der Waals surface area contributed by atoms with E-state index in [4.69, 9.17) is 0 Å². The van der Waals surface area contributed by atoms with E-state index in [1.807, 2.05) is 11.0 Å². The van der Waals surface area contributed by atoms with E-state index in [-0.39, 0.29) is 17.9 Å². The average Bonchev–Trinajstić information content (AvgIpc) is 3.11. The second kappa shape index (κ2) is 7.38. The van der Waals surface area contributed by atoms with Crippen LogP contribution in [-0.2, 0) is 11.3 Å². The molecular weight excluding hydrogens is 318 g/mol. The molecule has 1 saturated heterocycles. The van der Waals surface area contributed by atoms with Crippen LogP contribution in [0.25, 0.3) is 0 Å². The molecule has 3 rings (SSSR count). The summed E-state index contributed by atoms with van der Waals surface area (Å²) in [6, 6.07) is 5.22. The van der Waals surface area contributed by atoms with Crippen molar-refractivity contribution in [2.45, 2.75) is 32.4 Å². The molecule has 1 fully saturated rings. The van der Waals surface area contributed by atoms with Crippen molar-refractivity contribution in [2.24, 2.45) is 0 Å². The first kappa shape index (κ1) is 17.0. The van der Waals surface area contributed by atoms with E-state index in [9.17, 15) is 9.59 Å². The number of amides is 2. The van der Waals surface area contributed by atoms with Crippen LogP contribution in [0, 0.1) is 0 Å². The Bertz CT molecular complexity index is 765. The minimum absolute atomic E-state index is 0.0278. The van der Waals surface area contributed by atoms with Gasteiger partial charge in [0.2, 0.25) is 5.91 Å². The zero-order valence-corrected chi connectivity index (χ0v) is 14.4. The summed E-state index contributed by atoms with van der Waals surface area (Å²) < 4.78 is 0. The molecule has 0 N–H and O–H groups in total. The van der Waals surface area contributed by atoms with Crippen LogP contribution >= 0.6 is 0 Å². The largest absolute Gasteiger partial charge is 0.340 e. The van der Waals surface area contributed by atoms with E-state index < -0.39 is 0 Å². The van der Waals surface area contributed by atoms with Gasteiger partial charge < -0.3 is 9.80 Å². The molecule has 1 atom stereocenters. The number of rotatable bonds is 4. The van der Waals surface area contributed by atoms with Crippen molar-refractivity contribution in [3.63, 3.8) is 0 Å². The first-order valence-electron chi connectivity index (χ1n) is 8.31. The van der Waals surface area contributed by atoms with Crippen molar-refractivity contribution in [1.29, 1.82) is 0 Å². The van der Waals surface area contributed by atoms with Gasteiger partial charge in [-0.3, -0.25) is 24.5 Å². The smallest absolute Gasteiger partial charge is 0.273 e. The van der Waals surface area contributed by atoms with Crippen LogP contribution in [0.4, 0.5) is 0 Å². The van der Waals surface area contributed by atoms with Gasteiger partial charge in [0.25, 0.3) is 5.91 Å². The monoisotopic (exact) mass is 339 g/mol. The highest BCUT2D eigenvalue weighted by molar-refractivity contribution is 5.92. The molecule has 0 radical (unpaired) electrons. The molecule has 2 aromatic heterocycles. The zero-order valence-electron chi connectivity index (χ0n) is 14.4. The number of nitrogens with zero attached hydrogens (tertiary/aromatic N) is 5. The lowest BCUT2D eigenvalue weighted by molar-refractivity contribution is -0.128. The van der Waals surface area contributed by atoms with Gasteiger partial charge in [-0.15, -0.1) is 0 Å². The highest BCUT2D eigenvalue weighted by atomic mass is 16.2. The summed E-state index contributed by atoms with van der Waals surface area (Å²) in [4.78, 5) is 40.6. The molecule has 25 heavy (non-hydrogen) atoms. The molecule has 3 heterocycles. The number of hydrogen-bond acceptors (Lipinski definition) is 5. The van der Waals surface area contributed by atoms with Gasteiger partial charge in [-0.25, -0.2) is 0 Å². The summed E-state index contributed by atoms with van der Waals surface area (Å²) in [6.07, 6.45) is 6.74. The fraction of sp³-hybridized carbons (Fsp3) is 0.389. The van der Waals surface area contributed by atoms with Crippen molar-refractivity contribution < 1.29 is 9.59 Å². The Hall–Kier alpha value is -2.83. The highest BCUT2D eigenvalue weighted by Gasteiger charge is 2.32. The Morgan fingerprint density at radius 1 is 1.32 bits per heavy atom. The molecule has 0 spiro atoms. The van der Waals surface area contributed by atoms with E-state index >= 15 is 0 Å². The third-order valence-electron chi connectivity index (χ3n) is 4.38. The fourth-order valence-electron chi connectivity index (χ4n) is 2.97. The zero-order chi connectivity index (χ0) is 17.8. The molecule has 1 aliphatic heterocycles. The van der Waals surface area contributed by atoms with Gasteiger partial charge in [-0.2, -0.15) is 0 Å². The number of aromatic nitrogens is 3. The van der Waals surface area contributed by atoms with Crippen LogP contribution in [0.15, 0.2) is 36.8 Å². The van der Waals surface area contributed by atoms with E-state index in [2.05, 4.69) is 15.0 Å². The van der Waals surface area contributed by atoms with E-state index in [1.165, 1.54) is 6.92 Å². The molecular formula is C18H21N5O2. The fourth-order valence-corrected chi connectivity index (χ4v) is 2.97. The topological polar surface area (TPSA) is 79.3 Å². The molecule has 0 unspecified atom stereocenters. The summed E-state index contributed by atoms with van der Waals surface area (Å²) in [7, 11) is 1.73. The molecule has 0 aromatic carbocycles. The van der Waals surface area contributed by atoms with Gasteiger partial charge in [0.05, 0.1) is 36.4 Å². The van der Waals surface area contributed by atoms with Crippen LogP contribution in [0.5, 0.6) is 0 Å². The predicted molar refractivity (Wildman–Crippen MR) is 91.4 cm³/mol. The molecule has 0 bridgehead atoms. The number of pyridine rings is 1. The summed E-state index contributed by atoms with van der Waals surface area (Å²) in [6.45, 7) is 2.60. The summed E-state index contributed by atoms with van der Waals surface area (Å²) >= 11 is 0. The summed E-state index contributed by atoms with van der Waals surface area (Å²) in [5.41, 5.74) is 1.92. The minimum atomic E-state index is -0.107. The quantitative estimate of drug-likeness (QED) is 0.849. The highest BCUT2D eigenvalue weighted by Crippen LogP contribution is 2.31. The first-order chi connectivity index (χ1) is 12.1. The molecule has 7 nitrogen and oxygen atoms in total. The Balaban J connectivity index is 1.80. The SMILES string of the molecule is CC(=O)N(C)Cc1cncc([C@H]2CCCN2C(=O)c2ccccn2)n1. The Morgan fingerprint density at radius 2 is 2.16 bits per heavy atom. The van der Waals surface area contributed by atoms with Crippen LogP contribution in [-0.4, -0.2) is 50.2 Å². The molecule has 2 amide bonds. The van der Waals surface area contributed by atoms with Crippen molar-refractivity contribution in [2.75, 3.05) is 13.6 Å². The van der Waals surface area contributed by atoms with E-state index in [1.54, 1.807) is 42.7 Å². The molecule has 0 aliphatic carbocycles. The van der Waals surface area contributed by atoms with Crippen LogP contribution in [0.3, 0.4) is 0 Å². The lowest BCUT2D eigenvalue weighted by Crippen LogP contribution is -2.32. The van der Waals surface area contributed by atoms with Gasteiger partial charge in [-0.05, 0) is 25.0 Å². The lowest BCUT2D eigenvalue weighted by atomic mass is 10.1. The van der Waals surface area contributed by atoms with Crippen molar-refractivity contribution in [1.82, 2.24) is 24.8 Å². The molecule has 0 saturated carbocycles. The van der Waals surface area contributed by atoms with Gasteiger partial charge in [0.1, 0.15) is 5.69 Å². The average molecular weight is 339 g/mol. The van der Waals surface area contributed by atoms with Crippen molar-refractivity contribution in [3.8, 4) is 0 Å². The lowest BCUT2D eigenvalue weighted by Gasteiger charge is -2.24. The number of carbonyl (C=O) groups excluding carboxylic acids is 2. The van der Waals surface area contributed by atoms with Crippen LogP contribution in [0.2, 0.25) is 0 Å². The summed E-state index contributed by atoms with van der Waals surface area (Å²) in [5, 5.41) is 0. The number of likely N-dealkylation sites (tertiary alicyclic amines) is 1. The maximum atomic E-state index is 12.7.